The van der Waals surface area contributed by atoms with E-state index >= 15 is 0 Å². The van der Waals surface area contributed by atoms with Crippen molar-refractivity contribution in [3.63, 3.8) is 0 Å². The number of methoxy groups -OCH3 is 1. The van der Waals surface area contributed by atoms with E-state index in [2.05, 4.69) is 20.4 Å². The number of rotatable bonds is 7. The Hall–Kier alpha value is -3.48. The van der Waals surface area contributed by atoms with Gasteiger partial charge in [-0.25, -0.2) is 0 Å². The molecule has 0 aliphatic carbocycles. The molecule has 7 heteroatoms. The number of carbonyl (C=O) groups excluding carboxylic acids is 1. The Morgan fingerprint density at radius 3 is 2.80 bits per heavy atom. The van der Waals surface area contributed by atoms with Gasteiger partial charge in [-0.3, -0.25) is 9.89 Å². The van der Waals surface area contributed by atoms with Crippen LogP contribution < -0.4 is 19.7 Å². The third kappa shape index (κ3) is 4.25. The van der Waals surface area contributed by atoms with Gasteiger partial charge in [-0.15, -0.1) is 0 Å². The largest absolute Gasteiger partial charge is 0.497 e. The highest BCUT2D eigenvalue weighted by atomic mass is 16.5. The van der Waals surface area contributed by atoms with Crippen molar-refractivity contribution in [3.05, 3.63) is 60.2 Å². The Bertz CT molecular complexity index is 1000. The summed E-state index contributed by atoms with van der Waals surface area (Å²) in [6.45, 7) is 3.99. The molecule has 2 aromatic carbocycles. The number of nitrogens with one attached hydrogen (secondary N) is 2. The Labute approximate surface area is 176 Å². The van der Waals surface area contributed by atoms with E-state index in [0.717, 1.165) is 42.3 Å². The molecule has 1 amide bonds. The maximum atomic E-state index is 12.7. The number of hydrogen-bond donors (Lipinski definition) is 2. The first-order valence-electron chi connectivity index (χ1n) is 10.2. The van der Waals surface area contributed by atoms with Crippen molar-refractivity contribution in [3.8, 4) is 22.8 Å². The number of H-pyrrole nitrogens is 1. The predicted octanol–water partition coefficient (Wildman–Crippen LogP) is 3.49. The molecule has 4 rings (SSSR count). The number of nitrogens with zero attached hydrogens (tertiary/aromatic N) is 2. The number of ether oxygens (including phenoxy) is 2. The summed E-state index contributed by atoms with van der Waals surface area (Å²) in [6.07, 6.45) is 0.868. The Morgan fingerprint density at radius 1 is 1.23 bits per heavy atom. The fraction of sp³-hybridized carbons (Fsp3) is 0.304. The molecule has 2 heterocycles. The van der Waals surface area contributed by atoms with Crippen LogP contribution in [0.2, 0.25) is 0 Å². The number of benzene rings is 2. The SMILES string of the molecule is CCOc1ccccc1C(=O)N[C@H]1CCN(c2cc(-c3ccc(OC)cc3)[nH]n2)C1. The highest BCUT2D eigenvalue weighted by Gasteiger charge is 2.26. The summed E-state index contributed by atoms with van der Waals surface area (Å²) < 4.78 is 10.8. The van der Waals surface area contributed by atoms with Crippen LogP contribution in [0.15, 0.2) is 54.6 Å². The molecule has 1 aliphatic heterocycles. The van der Waals surface area contributed by atoms with Gasteiger partial charge in [0.15, 0.2) is 5.82 Å². The van der Waals surface area contributed by atoms with Gasteiger partial charge in [0.1, 0.15) is 11.5 Å². The molecule has 0 unspecified atom stereocenters. The maximum Gasteiger partial charge on any atom is 0.255 e. The van der Waals surface area contributed by atoms with Crippen LogP contribution in [0.25, 0.3) is 11.3 Å². The van der Waals surface area contributed by atoms with Crippen molar-refractivity contribution >= 4 is 11.7 Å². The highest BCUT2D eigenvalue weighted by molar-refractivity contribution is 5.97. The first-order valence-corrected chi connectivity index (χ1v) is 10.2. The quantitative estimate of drug-likeness (QED) is 0.628. The second kappa shape index (κ2) is 8.90. The number of anilines is 1. The molecule has 0 saturated carbocycles. The molecule has 0 radical (unpaired) electrons. The van der Waals surface area contributed by atoms with Crippen molar-refractivity contribution in [2.24, 2.45) is 0 Å². The van der Waals surface area contributed by atoms with Gasteiger partial charge in [0.2, 0.25) is 0 Å². The second-order valence-corrected chi connectivity index (χ2v) is 7.20. The smallest absolute Gasteiger partial charge is 0.255 e. The molecule has 1 fully saturated rings. The lowest BCUT2D eigenvalue weighted by Crippen LogP contribution is -2.37. The minimum atomic E-state index is -0.105. The zero-order valence-electron chi connectivity index (χ0n) is 17.2. The fourth-order valence-corrected chi connectivity index (χ4v) is 3.68. The molecule has 0 spiro atoms. The highest BCUT2D eigenvalue weighted by Crippen LogP contribution is 2.26. The molecule has 0 bridgehead atoms. The second-order valence-electron chi connectivity index (χ2n) is 7.20. The van der Waals surface area contributed by atoms with E-state index in [1.165, 1.54) is 0 Å². The van der Waals surface area contributed by atoms with Gasteiger partial charge in [0, 0.05) is 25.2 Å². The van der Waals surface area contributed by atoms with Crippen molar-refractivity contribution in [1.29, 1.82) is 0 Å². The number of carbonyl (C=O) groups is 1. The van der Waals surface area contributed by atoms with Crippen LogP contribution in [0.5, 0.6) is 11.5 Å². The van der Waals surface area contributed by atoms with Gasteiger partial charge in [0.05, 0.1) is 25.0 Å². The molecule has 1 aliphatic rings. The first kappa shape index (κ1) is 19.8. The summed E-state index contributed by atoms with van der Waals surface area (Å²) in [6, 6.07) is 17.3. The molecule has 3 aromatic rings. The lowest BCUT2D eigenvalue weighted by molar-refractivity contribution is 0.0936. The summed E-state index contributed by atoms with van der Waals surface area (Å²) in [5, 5.41) is 10.7. The average Bonchev–Trinajstić information content (AvgIpc) is 3.44. The van der Waals surface area contributed by atoms with E-state index in [-0.39, 0.29) is 11.9 Å². The average molecular weight is 406 g/mol. The van der Waals surface area contributed by atoms with Crippen molar-refractivity contribution in [2.45, 2.75) is 19.4 Å². The van der Waals surface area contributed by atoms with E-state index in [9.17, 15) is 4.79 Å². The molecule has 1 atom stereocenters. The van der Waals surface area contributed by atoms with Gasteiger partial charge < -0.3 is 19.7 Å². The molecule has 7 nitrogen and oxygen atoms in total. The number of aromatic nitrogens is 2. The van der Waals surface area contributed by atoms with E-state index in [1.807, 2.05) is 55.5 Å². The molecular weight excluding hydrogens is 380 g/mol. The van der Waals surface area contributed by atoms with Crippen LogP contribution in [-0.4, -0.2) is 49.0 Å². The Balaban J connectivity index is 1.39. The minimum Gasteiger partial charge on any atom is -0.497 e. The summed E-state index contributed by atoms with van der Waals surface area (Å²) in [5.74, 6) is 2.21. The number of para-hydroxylation sites is 1. The van der Waals surface area contributed by atoms with Gasteiger partial charge in [-0.05, 0) is 55.3 Å². The van der Waals surface area contributed by atoms with Crippen LogP contribution in [-0.2, 0) is 0 Å². The summed E-state index contributed by atoms with van der Waals surface area (Å²) in [5.41, 5.74) is 2.57. The Kier molecular flexibility index (Phi) is 5.88. The van der Waals surface area contributed by atoms with Crippen LogP contribution in [0.3, 0.4) is 0 Å². The number of amides is 1. The fourth-order valence-electron chi connectivity index (χ4n) is 3.68. The van der Waals surface area contributed by atoms with Crippen molar-refractivity contribution in [1.82, 2.24) is 15.5 Å². The minimum absolute atomic E-state index is 0.0633. The van der Waals surface area contributed by atoms with E-state index < -0.39 is 0 Å². The van der Waals surface area contributed by atoms with Crippen LogP contribution in [0.1, 0.15) is 23.7 Å². The van der Waals surface area contributed by atoms with Gasteiger partial charge in [0.25, 0.3) is 5.91 Å². The molecule has 156 valence electrons. The normalized spacial score (nSPS) is 15.8. The van der Waals surface area contributed by atoms with Gasteiger partial charge in [-0.2, -0.15) is 5.10 Å². The topological polar surface area (TPSA) is 79.5 Å². The third-order valence-corrected chi connectivity index (χ3v) is 5.24. The zero-order chi connectivity index (χ0) is 20.9. The van der Waals surface area contributed by atoms with Crippen molar-refractivity contribution in [2.75, 3.05) is 31.7 Å². The first-order chi connectivity index (χ1) is 14.7. The molecular formula is C23H26N4O3. The predicted molar refractivity (Wildman–Crippen MR) is 116 cm³/mol. The lowest BCUT2D eigenvalue weighted by Gasteiger charge is -2.17. The van der Waals surface area contributed by atoms with Gasteiger partial charge >= 0.3 is 0 Å². The van der Waals surface area contributed by atoms with E-state index in [0.29, 0.717) is 17.9 Å². The van der Waals surface area contributed by atoms with Crippen LogP contribution in [0, 0.1) is 0 Å². The molecule has 1 saturated heterocycles. The van der Waals surface area contributed by atoms with E-state index in [4.69, 9.17) is 9.47 Å². The van der Waals surface area contributed by atoms with Crippen molar-refractivity contribution < 1.29 is 14.3 Å². The molecule has 30 heavy (non-hydrogen) atoms. The number of aromatic amines is 1. The summed E-state index contributed by atoms with van der Waals surface area (Å²) in [7, 11) is 1.65. The monoisotopic (exact) mass is 406 g/mol. The lowest BCUT2D eigenvalue weighted by atomic mass is 10.1. The number of hydrogen-bond acceptors (Lipinski definition) is 5. The standard InChI is InChI=1S/C23H26N4O3/c1-3-30-21-7-5-4-6-19(21)23(28)24-17-12-13-27(15-17)22-14-20(25-26-22)16-8-10-18(29-2)11-9-16/h4-11,14,17H,3,12-13,15H2,1-2H3,(H,24,28)(H,25,26)/t17-/m0/s1. The molecule has 1 aromatic heterocycles. The molecule has 2 N–H and O–H groups in total. The zero-order valence-corrected chi connectivity index (χ0v) is 17.2. The summed E-state index contributed by atoms with van der Waals surface area (Å²) in [4.78, 5) is 14.9. The maximum absolute atomic E-state index is 12.7. The summed E-state index contributed by atoms with van der Waals surface area (Å²) >= 11 is 0. The van der Waals surface area contributed by atoms with Gasteiger partial charge in [-0.1, -0.05) is 12.1 Å². The third-order valence-electron chi connectivity index (χ3n) is 5.24. The Morgan fingerprint density at radius 2 is 2.03 bits per heavy atom. The van der Waals surface area contributed by atoms with Crippen LogP contribution in [0.4, 0.5) is 5.82 Å². The van der Waals surface area contributed by atoms with E-state index in [1.54, 1.807) is 13.2 Å². The van der Waals surface area contributed by atoms with Crippen LogP contribution >= 0.6 is 0 Å².